The predicted octanol–water partition coefficient (Wildman–Crippen LogP) is 5.82. The van der Waals surface area contributed by atoms with Crippen molar-refractivity contribution in [1.82, 2.24) is 0 Å². The quantitative estimate of drug-likeness (QED) is 0.445. The van der Waals surface area contributed by atoms with Gasteiger partial charge in [-0.3, -0.25) is 0 Å². The monoisotopic (exact) mass is 372 g/mol. The zero-order valence-corrected chi connectivity index (χ0v) is 17.0. The molecule has 2 aliphatic rings. The maximum absolute atomic E-state index is 11.9. The number of phenols is 1. The number of carbonyl (C=O) groups is 1. The largest absolute Gasteiger partial charge is 0.507 e. The van der Waals surface area contributed by atoms with Crippen molar-refractivity contribution in [1.29, 1.82) is 0 Å². The molecule has 1 heterocycles. The van der Waals surface area contributed by atoms with Gasteiger partial charge in [0, 0.05) is 11.5 Å². The predicted molar refractivity (Wildman–Crippen MR) is 107 cm³/mol. The van der Waals surface area contributed by atoms with Crippen LogP contribution in [0.15, 0.2) is 17.7 Å². The second kappa shape index (κ2) is 7.57. The summed E-state index contributed by atoms with van der Waals surface area (Å²) in [7, 11) is 0. The van der Waals surface area contributed by atoms with Crippen LogP contribution in [0.5, 0.6) is 11.5 Å². The molecule has 2 N–H and O–H groups in total. The molecule has 0 aromatic heterocycles. The van der Waals surface area contributed by atoms with E-state index in [4.69, 9.17) is 4.74 Å². The Labute approximate surface area is 162 Å². The first-order valence-electron chi connectivity index (χ1n) is 10.3. The van der Waals surface area contributed by atoms with Crippen LogP contribution in [0.25, 0.3) is 0 Å². The van der Waals surface area contributed by atoms with Gasteiger partial charge in [0.1, 0.15) is 22.7 Å². The van der Waals surface area contributed by atoms with Crippen LogP contribution >= 0.6 is 0 Å². The summed E-state index contributed by atoms with van der Waals surface area (Å²) < 4.78 is 6.42. The summed E-state index contributed by atoms with van der Waals surface area (Å²) in [5.41, 5.74) is 2.20. The van der Waals surface area contributed by atoms with E-state index in [1.807, 2.05) is 6.07 Å². The summed E-state index contributed by atoms with van der Waals surface area (Å²) in [6.07, 6.45) is 9.18. The number of rotatable bonds is 8. The topological polar surface area (TPSA) is 66.8 Å². The lowest BCUT2D eigenvalue weighted by Crippen LogP contribution is -2.38. The van der Waals surface area contributed by atoms with E-state index >= 15 is 0 Å². The number of carboxylic acids is 1. The molecular formula is C23H32O4. The zero-order chi connectivity index (χ0) is 19.8. The van der Waals surface area contributed by atoms with E-state index in [0.717, 1.165) is 25.7 Å². The summed E-state index contributed by atoms with van der Waals surface area (Å²) in [6.45, 7) is 8.50. The number of hydrogen-bond acceptors (Lipinski definition) is 3. The van der Waals surface area contributed by atoms with Gasteiger partial charge in [0.05, 0.1) is 0 Å². The molecule has 1 aliphatic carbocycles. The van der Waals surface area contributed by atoms with Crippen LogP contribution in [0.3, 0.4) is 0 Å². The fraction of sp³-hybridized carbons (Fsp3) is 0.609. The summed E-state index contributed by atoms with van der Waals surface area (Å²) >= 11 is 0. The van der Waals surface area contributed by atoms with Gasteiger partial charge in [-0.15, -0.1) is 0 Å². The molecule has 0 saturated carbocycles. The molecular weight excluding hydrogens is 340 g/mol. The number of aromatic carboxylic acids is 1. The fourth-order valence-electron chi connectivity index (χ4n) is 4.82. The highest BCUT2D eigenvalue weighted by Crippen LogP contribution is 2.59. The van der Waals surface area contributed by atoms with Crippen molar-refractivity contribution in [2.75, 3.05) is 0 Å². The average molecular weight is 373 g/mol. The lowest BCUT2D eigenvalue weighted by Gasteiger charge is -2.31. The highest BCUT2D eigenvalue weighted by Gasteiger charge is 2.54. The lowest BCUT2D eigenvalue weighted by molar-refractivity contribution is 0.0692. The lowest BCUT2D eigenvalue weighted by atomic mass is 9.78. The van der Waals surface area contributed by atoms with Gasteiger partial charge >= 0.3 is 5.97 Å². The van der Waals surface area contributed by atoms with Crippen molar-refractivity contribution in [2.24, 2.45) is 5.92 Å². The van der Waals surface area contributed by atoms with Gasteiger partial charge < -0.3 is 14.9 Å². The van der Waals surface area contributed by atoms with Crippen molar-refractivity contribution in [2.45, 2.75) is 84.2 Å². The number of hydrogen-bond donors (Lipinski definition) is 2. The number of aryl methyl sites for hydroxylation is 1. The highest BCUT2D eigenvalue weighted by molar-refractivity contribution is 5.94. The molecule has 1 aromatic carbocycles. The molecule has 0 spiro atoms. The van der Waals surface area contributed by atoms with Crippen molar-refractivity contribution < 1.29 is 19.7 Å². The molecule has 0 amide bonds. The third-order valence-electron chi connectivity index (χ3n) is 6.23. The smallest absolute Gasteiger partial charge is 0.339 e. The Bertz CT molecular complexity index is 762. The maximum atomic E-state index is 11.9. The molecule has 1 aliphatic heterocycles. The minimum Gasteiger partial charge on any atom is -0.507 e. The first-order valence-corrected chi connectivity index (χ1v) is 10.3. The maximum Gasteiger partial charge on any atom is 0.339 e. The minimum atomic E-state index is -1.05. The molecule has 0 bridgehead atoms. The summed E-state index contributed by atoms with van der Waals surface area (Å²) in [6, 6.07) is 1.88. The zero-order valence-electron chi connectivity index (χ0n) is 17.0. The third kappa shape index (κ3) is 3.35. The first-order chi connectivity index (χ1) is 12.8. The van der Waals surface area contributed by atoms with Gasteiger partial charge in [0.15, 0.2) is 0 Å². The Morgan fingerprint density at radius 3 is 2.63 bits per heavy atom. The van der Waals surface area contributed by atoms with Gasteiger partial charge in [0.25, 0.3) is 0 Å². The molecule has 1 aromatic rings. The van der Waals surface area contributed by atoms with E-state index < -0.39 is 11.6 Å². The van der Waals surface area contributed by atoms with Crippen molar-refractivity contribution in [3.05, 3.63) is 34.4 Å². The molecule has 0 saturated heterocycles. The van der Waals surface area contributed by atoms with Crippen molar-refractivity contribution >= 4 is 5.97 Å². The van der Waals surface area contributed by atoms with Gasteiger partial charge in [-0.25, -0.2) is 4.79 Å². The van der Waals surface area contributed by atoms with Crippen LogP contribution in [0.4, 0.5) is 0 Å². The summed E-state index contributed by atoms with van der Waals surface area (Å²) in [4.78, 5) is 11.9. The molecule has 0 radical (unpaired) electrons. The van der Waals surface area contributed by atoms with E-state index in [2.05, 4.69) is 33.8 Å². The van der Waals surface area contributed by atoms with Gasteiger partial charge in [-0.1, -0.05) is 52.0 Å². The Balaban J connectivity index is 1.96. The Hall–Kier alpha value is -1.97. The fourth-order valence-corrected chi connectivity index (χ4v) is 4.82. The second-order valence-corrected chi connectivity index (χ2v) is 8.50. The molecule has 4 heteroatoms. The van der Waals surface area contributed by atoms with Gasteiger partial charge in [-0.2, -0.15) is 0 Å². The number of benzene rings is 1. The van der Waals surface area contributed by atoms with Crippen LogP contribution in [-0.4, -0.2) is 21.8 Å². The van der Waals surface area contributed by atoms with E-state index in [-0.39, 0.29) is 23.1 Å². The third-order valence-corrected chi connectivity index (χ3v) is 6.23. The molecule has 0 fully saturated rings. The normalized spacial score (nSPS) is 23.1. The first kappa shape index (κ1) is 19.8. The van der Waals surface area contributed by atoms with Crippen molar-refractivity contribution in [3.8, 4) is 11.5 Å². The van der Waals surface area contributed by atoms with Crippen LogP contribution in [-0.2, 0) is 6.42 Å². The van der Waals surface area contributed by atoms with Crippen molar-refractivity contribution in [3.63, 3.8) is 0 Å². The number of carboxylic acid groups (broad SMARTS) is 1. The molecule has 2 unspecified atom stereocenters. The molecule has 27 heavy (non-hydrogen) atoms. The summed E-state index contributed by atoms with van der Waals surface area (Å²) in [5.74, 6) is -0.243. The second-order valence-electron chi connectivity index (χ2n) is 8.50. The van der Waals surface area contributed by atoms with Gasteiger partial charge in [0.2, 0.25) is 0 Å². The highest BCUT2D eigenvalue weighted by atomic mass is 16.5. The van der Waals surface area contributed by atoms with E-state index in [0.29, 0.717) is 23.3 Å². The van der Waals surface area contributed by atoms with Gasteiger partial charge in [-0.05, 0) is 49.8 Å². The summed E-state index contributed by atoms with van der Waals surface area (Å²) in [5, 5.41) is 20.7. The van der Waals surface area contributed by atoms with E-state index in [9.17, 15) is 15.0 Å². The van der Waals surface area contributed by atoms with Crippen LogP contribution < -0.4 is 4.74 Å². The standard InChI is InChI=1S/C23H32O4/c1-5-6-7-8-9-10-16-12-18-20(21(24)19(16)22(25)26)17-11-15(4)13-23(17,27-18)14(2)3/h12-14,17,24H,5-11H2,1-4H3,(H,25,26). The molecule has 2 atom stereocenters. The molecule has 4 nitrogen and oxygen atoms in total. The molecule has 3 rings (SSSR count). The minimum absolute atomic E-state index is 0.01000. The number of ether oxygens (including phenoxy) is 1. The average Bonchev–Trinajstić information content (AvgIpc) is 3.06. The number of unbranched alkanes of at least 4 members (excludes halogenated alkanes) is 4. The van der Waals surface area contributed by atoms with Crippen LogP contribution in [0, 0.1) is 5.92 Å². The van der Waals surface area contributed by atoms with Crippen LogP contribution in [0.1, 0.15) is 93.6 Å². The SMILES string of the molecule is CCCCCCCc1cc2c(c(O)c1C(=O)O)C1CC(C)=CC1(C(C)C)O2. The van der Waals surface area contributed by atoms with Crippen LogP contribution in [0.2, 0.25) is 0 Å². The van der Waals surface area contributed by atoms with E-state index in [1.165, 1.54) is 18.4 Å². The Kier molecular flexibility index (Phi) is 5.55. The number of allylic oxidation sites excluding steroid dienone is 1. The van der Waals surface area contributed by atoms with E-state index in [1.54, 1.807) is 0 Å². The Morgan fingerprint density at radius 2 is 2.00 bits per heavy atom. The molecule has 148 valence electrons. The number of fused-ring (bicyclic) bond motifs is 3. The number of aromatic hydroxyl groups is 1. The Morgan fingerprint density at radius 1 is 1.30 bits per heavy atom.